The van der Waals surface area contributed by atoms with Crippen molar-refractivity contribution in [3.05, 3.63) is 46.3 Å². The van der Waals surface area contributed by atoms with Crippen LogP contribution in [0, 0.1) is 10.1 Å². The SMILES string of the molecule is O=C(Cn1cc(C(=O)O)nn1)Nc1cccc([N+](=O)[O-])c1. The molecule has 0 saturated carbocycles. The molecule has 0 aliphatic rings. The van der Waals surface area contributed by atoms with Gasteiger partial charge in [0, 0.05) is 17.8 Å². The number of hydrogen-bond acceptors (Lipinski definition) is 6. The van der Waals surface area contributed by atoms with Crippen LogP contribution in [0.2, 0.25) is 0 Å². The number of amides is 1. The first-order valence-electron chi connectivity index (χ1n) is 5.63. The van der Waals surface area contributed by atoms with Crippen LogP contribution in [0.4, 0.5) is 11.4 Å². The highest BCUT2D eigenvalue weighted by atomic mass is 16.6. The Kier molecular flexibility index (Phi) is 3.88. The minimum absolute atomic E-state index is 0.151. The summed E-state index contributed by atoms with van der Waals surface area (Å²) in [5.74, 6) is -1.77. The van der Waals surface area contributed by atoms with Crippen molar-refractivity contribution in [1.82, 2.24) is 15.0 Å². The van der Waals surface area contributed by atoms with Crippen LogP contribution in [0.15, 0.2) is 30.5 Å². The van der Waals surface area contributed by atoms with Crippen LogP contribution < -0.4 is 5.32 Å². The number of carbonyl (C=O) groups excluding carboxylic acids is 1. The Morgan fingerprint density at radius 2 is 2.19 bits per heavy atom. The van der Waals surface area contributed by atoms with Crippen molar-refractivity contribution in [3.8, 4) is 0 Å². The van der Waals surface area contributed by atoms with Crippen molar-refractivity contribution in [2.24, 2.45) is 0 Å². The largest absolute Gasteiger partial charge is 0.476 e. The predicted octanol–water partition coefficient (Wildman–Crippen LogP) is 0.523. The third-order valence-electron chi connectivity index (χ3n) is 2.40. The fourth-order valence-corrected chi connectivity index (χ4v) is 1.52. The summed E-state index contributed by atoms with van der Waals surface area (Å²) >= 11 is 0. The van der Waals surface area contributed by atoms with Crippen LogP contribution in [-0.4, -0.2) is 36.9 Å². The number of nitrogens with zero attached hydrogens (tertiary/aromatic N) is 4. The monoisotopic (exact) mass is 291 g/mol. The molecule has 1 aromatic heterocycles. The number of non-ortho nitro benzene ring substituents is 1. The molecule has 1 heterocycles. The van der Waals surface area contributed by atoms with Crippen molar-refractivity contribution in [3.63, 3.8) is 0 Å². The fourth-order valence-electron chi connectivity index (χ4n) is 1.52. The first-order chi connectivity index (χ1) is 9.95. The van der Waals surface area contributed by atoms with E-state index < -0.39 is 16.8 Å². The second-order valence-electron chi connectivity index (χ2n) is 3.96. The summed E-state index contributed by atoms with van der Waals surface area (Å²) < 4.78 is 1.05. The van der Waals surface area contributed by atoms with Crippen LogP contribution in [0.25, 0.3) is 0 Å². The molecule has 0 bridgehead atoms. The minimum atomic E-state index is -1.25. The number of aromatic carboxylic acids is 1. The van der Waals surface area contributed by atoms with Crippen LogP contribution >= 0.6 is 0 Å². The van der Waals surface area contributed by atoms with Gasteiger partial charge in [-0.2, -0.15) is 0 Å². The molecule has 0 fully saturated rings. The molecule has 2 rings (SSSR count). The Balaban J connectivity index is 2.02. The molecule has 21 heavy (non-hydrogen) atoms. The number of nitro benzene ring substituents is 1. The van der Waals surface area contributed by atoms with Gasteiger partial charge < -0.3 is 10.4 Å². The molecule has 0 atom stereocenters. The van der Waals surface area contributed by atoms with Gasteiger partial charge in [-0.05, 0) is 6.07 Å². The molecule has 0 aliphatic carbocycles. The summed E-state index contributed by atoms with van der Waals surface area (Å²) in [5.41, 5.74) is -0.173. The molecule has 0 aliphatic heterocycles. The van der Waals surface area contributed by atoms with Crippen molar-refractivity contribution >= 4 is 23.3 Å². The zero-order valence-corrected chi connectivity index (χ0v) is 10.5. The third-order valence-corrected chi connectivity index (χ3v) is 2.40. The van der Waals surface area contributed by atoms with Gasteiger partial charge in [-0.1, -0.05) is 11.3 Å². The van der Waals surface area contributed by atoms with E-state index in [0.29, 0.717) is 0 Å². The van der Waals surface area contributed by atoms with E-state index in [0.717, 1.165) is 10.9 Å². The van der Waals surface area contributed by atoms with Crippen LogP contribution in [-0.2, 0) is 11.3 Å². The summed E-state index contributed by atoms with van der Waals surface area (Å²) in [4.78, 5) is 32.4. The number of anilines is 1. The maximum absolute atomic E-state index is 11.7. The topological polar surface area (TPSA) is 140 Å². The number of rotatable bonds is 5. The number of aromatic nitrogens is 3. The lowest BCUT2D eigenvalue weighted by Crippen LogP contribution is -2.19. The minimum Gasteiger partial charge on any atom is -0.476 e. The van der Waals surface area contributed by atoms with E-state index in [9.17, 15) is 19.7 Å². The summed E-state index contributed by atoms with van der Waals surface area (Å²) in [5, 5.41) is 28.6. The number of carbonyl (C=O) groups is 2. The van der Waals surface area contributed by atoms with Gasteiger partial charge >= 0.3 is 5.97 Å². The van der Waals surface area contributed by atoms with Crippen LogP contribution in [0.3, 0.4) is 0 Å². The highest BCUT2D eigenvalue weighted by Crippen LogP contribution is 2.16. The lowest BCUT2D eigenvalue weighted by molar-refractivity contribution is -0.384. The summed E-state index contributed by atoms with van der Waals surface area (Å²) in [6.45, 7) is -0.261. The Hall–Kier alpha value is -3.30. The molecular weight excluding hydrogens is 282 g/mol. The molecule has 1 amide bonds. The average Bonchev–Trinajstić information content (AvgIpc) is 2.87. The second kappa shape index (κ2) is 5.77. The maximum Gasteiger partial charge on any atom is 0.358 e. The summed E-state index contributed by atoms with van der Waals surface area (Å²) in [7, 11) is 0. The average molecular weight is 291 g/mol. The number of nitro groups is 1. The van der Waals surface area contributed by atoms with Crippen LogP contribution in [0.5, 0.6) is 0 Å². The molecule has 10 heteroatoms. The number of nitrogens with one attached hydrogen (secondary N) is 1. The normalized spacial score (nSPS) is 10.1. The van der Waals surface area contributed by atoms with Gasteiger partial charge in [0.25, 0.3) is 5.69 Å². The highest BCUT2D eigenvalue weighted by Gasteiger charge is 2.12. The maximum atomic E-state index is 11.7. The fraction of sp³-hybridized carbons (Fsp3) is 0.0909. The van der Waals surface area contributed by atoms with Gasteiger partial charge in [0.1, 0.15) is 6.54 Å². The Morgan fingerprint density at radius 3 is 2.81 bits per heavy atom. The molecule has 108 valence electrons. The summed E-state index contributed by atoms with van der Waals surface area (Å²) in [6, 6.07) is 5.44. The molecule has 0 spiro atoms. The number of hydrogen-bond donors (Lipinski definition) is 2. The van der Waals surface area contributed by atoms with E-state index in [1.165, 1.54) is 24.3 Å². The first-order valence-corrected chi connectivity index (χ1v) is 5.63. The van der Waals surface area contributed by atoms with Gasteiger partial charge in [-0.15, -0.1) is 5.10 Å². The van der Waals surface area contributed by atoms with Gasteiger partial charge in [-0.25, -0.2) is 9.48 Å². The summed E-state index contributed by atoms with van der Waals surface area (Å²) in [6.07, 6.45) is 1.11. The number of carboxylic acids is 1. The molecule has 0 radical (unpaired) electrons. The van der Waals surface area contributed by atoms with Gasteiger partial charge in [0.2, 0.25) is 5.91 Å². The second-order valence-corrected chi connectivity index (χ2v) is 3.96. The van der Waals surface area contributed by atoms with Gasteiger partial charge in [0.15, 0.2) is 5.69 Å². The van der Waals surface area contributed by atoms with Gasteiger partial charge in [-0.3, -0.25) is 14.9 Å². The molecular formula is C11H9N5O5. The number of carboxylic acid groups (broad SMARTS) is 1. The van der Waals surface area contributed by atoms with E-state index >= 15 is 0 Å². The molecule has 0 unspecified atom stereocenters. The van der Waals surface area contributed by atoms with Crippen molar-refractivity contribution in [1.29, 1.82) is 0 Å². The molecule has 2 N–H and O–H groups in total. The lowest BCUT2D eigenvalue weighted by Gasteiger charge is -2.04. The predicted molar refractivity (Wildman–Crippen MR) is 68.7 cm³/mol. The lowest BCUT2D eigenvalue weighted by atomic mass is 10.3. The zero-order valence-electron chi connectivity index (χ0n) is 10.5. The molecule has 1 aromatic carbocycles. The van der Waals surface area contributed by atoms with E-state index in [2.05, 4.69) is 15.6 Å². The van der Waals surface area contributed by atoms with Crippen LogP contribution in [0.1, 0.15) is 10.5 Å². The Morgan fingerprint density at radius 1 is 1.43 bits per heavy atom. The Labute approximate surface area is 117 Å². The van der Waals surface area contributed by atoms with E-state index in [4.69, 9.17) is 5.11 Å². The quantitative estimate of drug-likeness (QED) is 0.604. The van der Waals surface area contributed by atoms with E-state index in [1.807, 2.05) is 0 Å². The zero-order chi connectivity index (χ0) is 15.4. The van der Waals surface area contributed by atoms with E-state index in [1.54, 1.807) is 0 Å². The molecule has 10 nitrogen and oxygen atoms in total. The van der Waals surface area contributed by atoms with Crippen molar-refractivity contribution < 1.29 is 19.6 Å². The third kappa shape index (κ3) is 3.59. The first kappa shape index (κ1) is 14.1. The molecule has 0 saturated heterocycles. The Bertz CT molecular complexity index is 711. The highest BCUT2D eigenvalue weighted by molar-refractivity contribution is 5.91. The van der Waals surface area contributed by atoms with Crippen molar-refractivity contribution in [2.75, 3.05) is 5.32 Å². The smallest absolute Gasteiger partial charge is 0.358 e. The molecule has 2 aromatic rings. The standard InChI is InChI=1S/C11H9N5O5/c17-10(6-15-5-9(11(18)19)13-14-15)12-7-2-1-3-8(4-7)16(20)21/h1-5H,6H2,(H,12,17)(H,18,19). The van der Waals surface area contributed by atoms with Crippen molar-refractivity contribution in [2.45, 2.75) is 6.54 Å². The number of benzene rings is 1. The van der Waals surface area contributed by atoms with E-state index in [-0.39, 0.29) is 23.6 Å². The van der Waals surface area contributed by atoms with Gasteiger partial charge in [0.05, 0.1) is 11.1 Å².